The molecule has 1 atom stereocenters. The first-order valence-corrected chi connectivity index (χ1v) is 3.18. The topological polar surface area (TPSA) is 21.3 Å². The standard InChI is InChI=1S/C7H13NO/c1-4-6-5-9-7(2,3)8-6/h4,6,8H,1,5H2,2-3H3/t6-/m0/s1. The number of hydrogen-bond acceptors (Lipinski definition) is 2. The van der Waals surface area contributed by atoms with Crippen molar-refractivity contribution in [3.63, 3.8) is 0 Å². The summed E-state index contributed by atoms with van der Waals surface area (Å²) < 4.78 is 5.36. The Morgan fingerprint density at radius 2 is 2.44 bits per heavy atom. The lowest BCUT2D eigenvalue weighted by Gasteiger charge is -2.16. The Balaban J connectivity index is 2.47. The molecule has 1 heterocycles. The molecule has 0 aliphatic carbocycles. The molecule has 0 aromatic rings. The summed E-state index contributed by atoms with van der Waals surface area (Å²) in [6.45, 7) is 8.43. The van der Waals surface area contributed by atoms with E-state index in [1.54, 1.807) is 0 Å². The monoisotopic (exact) mass is 127 g/mol. The second-order valence-electron chi connectivity index (χ2n) is 2.81. The Bertz CT molecular complexity index is 120. The summed E-state index contributed by atoms with van der Waals surface area (Å²) in [5, 5.41) is 3.24. The van der Waals surface area contributed by atoms with Crippen LogP contribution in [0.1, 0.15) is 13.8 Å². The van der Waals surface area contributed by atoms with Gasteiger partial charge in [-0.1, -0.05) is 6.08 Å². The molecule has 0 radical (unpaired) electrons. The highest BCUT2D eigenvalue weighted by Gasteiger charge is 2.28. The van der Waals surface area contributed by atoms with Gasteiger partial charge in [0.2, 0.25) is 0 Å². The van der Waals surface area contributed by atoms with Crippen LogP contribution in [0.4, 0.5) is 0 Å². The van der Waals surface area contributed by atoms with Crippen LogP contribution in [0.3, 0.4) is 0 Å². The third-order valence-electron chi connectivity index (χ3n) is 1.44. The number of nitrogens with one attached hydrogen (secondary N) is 1. The first kappa shape index (κ1) is 6.78. The molecule has 52 valence electrons. The second-order valence-corrected chi connectivity index (χ2v) is 2.81. The summed E-state index contributed by atoms with van der Waals surface area (Å²) >= 11 is 0. The maximum absolute atomic E-state index is 5.36. The van der Waals surface area contributed by atoms with Crippen LogP contribution < -0.4 is 5.32 Å². The Hall–Kier alpha value is -0.340. The van der Waals surface area contributed by atoms with Crippen LogP contribution in [-0.4, -0.2) is 18.4 Å². The van der Waals surface area contributed by atoms with Crippen LogP contribution in [0, 0.1) is 0 Å². The zero-order chi connectivity index (χ0) is 6.91. The maximum atomic E-state index is 5.36. The summed E-state index contributed by atoms with van der Waals surface area (Å²) in [6.07, 6.45) is 1.87. The van der Waals surface area contributed by atoms with E-state index in [-0.39, 0.29) is 5.72 Å². The molecule has 0 amide bonds. The maximum Gasteiger partial charge on any atom is 0.114 e. The van der Waals surface area contributed by atoms with E-state index >= 15 is 0 Å². The first-order valence-electron chi connectivity index (χ1n) is 3.18. The summed E-state index contributed by atoms with van der Waals surface area (Å²) in [4.78, 5) is 0. The second kappa shape index (κ2) is 2.12. The molecule has 0 aromatic heterocycles. The number of hydrogen-bond donors (Lipinski definition) is 1. The molecule has 1 N–H and O–H groups in total. The first-order chi connectivity index (χ1) is 4.14. The van der Waals surface area contributed by atoms with E-state index < -0.39 is 0 Å². The van der Waals surface area contributed by atoms with Crippen LogP contribution in [0.5, 0.6) is 0 Å². The van der Waals surface area contributed by atoms with Crippen molar-refractivity contribution in [3.8, 4) is 0 Å². The van der Waals surface area contributed by atoms with Gasteiger partial charge in [-0.3, -0.25) is 5.32 Å². The lowest BCUT2D eigenvalue weighted by Crippen LogP contribution is -2.37. The van der Waals surface area contributed by atoms with Crippen LogP contribution >= 0.6 is 0 Å². The summed E-state index contributed by atoms with van der Waals surface area (Å²) in [7, 11) is 0. The van der Waals surface area contributed by atoms with Crippen molar-refractivity contribution in [2.45, 2.75) is 25.6 Å². The molecular weight excluding hydrogens is 114 g/mol. The molecule has 0 bridgehead atoms. The van der Waals surface area contributed by atoms with Gasteiger partial charge in [0, 0.05) is 0 Å². The quantitative estimate of drug-likeness (QED) is 0.528. The molecule has 9 heavy (non-hydrogen) atoms. The fraction of sp³-hybridized carbons (Fsp3) is 0.714. The molecule has 1 aliphatic heterocycles. The minimum absolute atomic E-state index is 0.154. The van der Waals surface area contributed by atoms with Gasteiger partial charge in [0.15, 0.2) is 0 Å². The van der Waals surface area contributed by atoms with Crippen LogP contribution in [0.25, 0.3) is 0 Å². The minimum Gasteiger partial charge on any atom is -0.359 e. The molecule has 0 saturated carbocycles. The molecule has 0 unspecified atom stereocenters. The van der Waals surface area contributed by atoms with Gasteiger partial charge < -0.3 is 4.74 Å². The van der Waals surface area contributed by atoms with Gasteiger partial charge in [0.05, 0.1) is 12.6 Å². The van der Waals surface area contributed by atoms with Crippen molar-refractivity contribution in [1.29, 1.82) is 0 Å². The highest BCUT2D eigenvalue weighted by atomic mass is 16.5. The van der Waals surface area contributed by atoms with Gasteiger partial charge in [0.25, 0.3) is 0 Å². The predicted molar refractivity (Wildman–Crippen MR) is 37.2 cm³/mol. The van der Waals surface area contributed by atoms with E-state index in [0.29, 0.717) is 6.04 Å². The van der Waals surface area contributed by atoms with Gasteiger partial charge in [-0.15, -0.1) is 6.58 Å². The number of rotatable bonds is 1. The van der Waals surface area contributed by atoms with E-state index in [1.165, 1.54) is 0 Å². The molecule has 1 fully saturated rings. The van der Waals surface area contributed by atoms with E-state index in [9.17, 15) is 0 Å². The van der Waals surface area contributed by atoms with Gasteiger partial charge in [-0.2, -0.15) is 0 Å². The van der Waals surface area contributed by atoms with Crippen LogP contribution in [0.2, 0.25) is 0 Å². The van der Waals surface area contributed by atoms with Crippen molar-refractivity contribution < 1.29 is 4.74 Å². The van der Waals surface area contributed by atoms with Crippen molar-refractivity contribution in [1.82, 2.24) is 5.32 Å². The molecule has 0 aromatic carbocycles. The average Bonchev–Trinajstić information content (AvgIpc) is 2.10. The molecule has 1 saturated heterocycles. The summed E-state index contributed by atoms with van der Waals surface area (Å²) in [5.41, 5.74) is -0.154. The highest BCUT2D eigenvalue weighted by Crippen LogP contribution is 2.13. The van der Waals surface area contributed by atoms with Crippen molar-refractivity contribution in [2.24, 2.45) is 0 Å². The molecule has 2 nitrogen and oxygen atoms in total. The van der Waals surface area contributed by atoms with E-state index in [2.05, 4.69) is 11.9 Å². The third kappa shape index (κ3) is 1.53. The smallest absolute Gasteiger partial charge is 0.114 e. The molecule has 2 heteroatoms. The average molecular weight is 127 g/mol. The van der Waals surface area contributed by atoms with Gasteiger partial charge in [0.1, 0.15) is 5.72 Å². The van der Waals surface area contributed by atoms with Crippen molar-refractivity contribution in [2.75, 3.05) is 6.61 Å². The van der Waals surface area contributed by atoms with Crippen LogP contribution in [-0.2, 0) is 4.74 Å². The van der Waals surface area contributed by atoms with Gasteiger partial charge in [-0.05, 0) is 13.8 Å². The van der Waals surface area contributed by atoms with Gasteiger partial charge >= 0.3 is 0 Å². The van der Waals surface area contributed by atoms with E-state index in [4.69, 9.17) is 4.74 Å². The summed E-state index contributed by atoms with van der Waals surface area (Å²) in [6, 6.07) is 0.333. The molecule has 1 aliphatic rings. The Morgan fingerprint density at radius 3 is 2.67 bits per heavy atom. The zero-order valence-electron chi connectivity index (χ0n) is 5.98. The summed E-state index contributed by atoms with van der Waals surface area (Å²) in [5.74, 6) is 0. The third-order valence-corrected chi connectivity index (χ3v) is 1.44. The van der Waals surface area contributed by atoms with E-state index in [0.717, 1.165) is 6.61 Å². The molecule has 0 spiro atoms. The SMILES string of the molecule is C=C[C@H]1COC(C)(C)N1. The minimum atomic E-state index is -0.154. The predicted octanol–water partition coefficient (Wildman–Crippen LogP) is 0.897. The highest BCUT2D eigenvalue weighted by molar-refractivity contribution is 4.93. The fourth-order valence-corrected chi connectivity index (χ4v) is 0.955. The largest absolute Gasteiger partial charge is 0.359 e. The Kier molecular flexibility index (Phi) is 1.60. The van der Waals surface area contributed by atoms with Gasteiger partial charge in [-0.25, -0.2) is 0 Å². The zero-order valence-corrected chi connectivity index (χ0v) is 5.98. The number of ether oxygens (including phenoxy) is 1. The van der Waals surface area contributed by atoms with Crippen molar-refractivity contribution >= 4 is 0 Å². The Morgan fingerprint density at radius 1 is 1.78 bits per heavy atom. The lowest BCUT2D eigenvalue weighted by molar-refractivity contribution is 0.0232. The molecular formula is C7H13NO. The van der Waals surface area contributed by atoms with E-state index in [1.807, 2.05) is 19.9 Å². The van der Waals surface area contributed by atoms with Crippen LogP contribution in [0.15, 0.2) is 12.7 Å². The Labute approximate surface area is 55.9 Å². The molecule has 1 rings (SSSR count). The lowest BCUT2D eigenvalue weighted by atomic mass is 10.3. The fourth-order valence-electron chi connectivity index (χ4n) is 0.955. The van der Waals surface area contributed by atoms with Crippen molar-refractivity contribution in [3.05, 3.63) is 12.7 Å². The normalized spacial score (nSPS) is 32.4.